The number of hydrogen-bond acceptors (Lipinski definition) is 3. The molecule has 1 aliphatic rings. The number of nitrogens with zero attached hydrogens (tertiary/aromatic N) is 1. The largest absolute Gasteiger partial charge is 0.480 e. The molecule has 2 aromatic rings. The summed E-state index contributed by atoms with van der Waals surface area (Å²) < 4.78 is 5.96. The molecule has 1 aliphatic carbocycles. The summed E-state index contributed by atoms with van der Waals surface area (Å²) in [5, 5.41) is 12.2. The second kappa shape index (κ2) is 8.44. The van der Waals surface area contributed by atoms with E-state index in [0.29, 0.717) is 11.0 Å². The first-order chi connectivity index (χ1) is 14.6. The molecule has 0 unspecified atom stereocenters. The normalized spacial score (nSPS) is 15.7. The lowest BCUT2D eigenvalue weighted by molar-refractivity contribution is -0.876. The van der Waals surface area contributed by atoms with Crippen LogP contribution < -0.4 is 5.32 Å². The maximum absolute atomic E-state index is 12.6. The molecule has 0 aromatic heterocycles. The summed E-state index contributed by atoms with van der Waals surface area (Å²) in [6, 6.07) is 14.8. The standard InChI is InChI=1S/C25H28N2O4/c1-6-25(2,16-27(3,4)5)22(23(28)29)26-24(30)31-15-21-19-13-9-7-11-17(19)18-12-8-10-14-20(18)21/h1,7-14,21-22H,15-16H2,2-5H3,(H-,26,28,29,30)/p+1/t22-,25-/m0/s1. The highest BCUT2D eigenvalue weighted by atomic mass is 16.5. The van der Waals surface area contributed by atoms with Crippen molar-refractivity contribution in [1.82, 2.24) is 5.32 Å². The van der Waals surface area contributed by atoms with E-state index in [2.05, 4.69) is 23.4 Å². The van der Waals surface area contributed by atoms with Crippen molar-refractivity contribution in [1.29, 1.82) is 0 Å². The van der Waals surface area contributed by atoms with Gasteiger partial charge in [-0.3, -0.25) is 0 Å². The number of carboxylic acids is 1. The van der Waals surface area contributed by atoms with Crippen molar-refractivity contribution in [3.05, 3.63) is 59.7 Å². The minimum Gasteiger partial charge on any atom is -0.480 e. The zero-order valence-corrected chi connectivity index (χ0v) is 18.4. The number of quaternary nitrogens is 1. The molecule has 0 bridgehead atoms. The zero-order chi connectivity index (χ0) is 22.8. The SMILES string of the molecule is C#C[C@@](C)(C[N+](C)(C)C)[C@@H](NC(=O)OCC1c2ccccc2-c2ccccc21)C(=O)O. The lowest BCUT2D eigenvalue weighted by Gasteiger charge is -2.36. The van der Waals surface area contributed by atoms with Gasteiger partial charge in [-0.15, -0.1) is 6.42 Å². The molecule has 0 heterocycles. The summed E-state index contributed by atoms with van der Waals surface area (Å²) in [5.41, 5.74) is 3.33. The Kier molecular flexibility index (Phi) is 6.10. The fraction of sp³-hybridized carbons (Fsp3) is 0.360. The third kappa shape index (κ3) is 4.73. The molecule has 0 saturated carbocycles. The van der Waals surface area contributed by atoms with Crippen molar-refractivity contribution in [2.45, 2.75) is 18.9 Å². The lowest BCUT2D eigenvalue weighted by atomic mass is 9.82. The molecular weight excluding hydrogens is 392 g/mol. The van der Waals surface area contributed by atoms with Crippen LogP contribution in [0.3, 0.4) is 0 Å². The van der Waals surface area contributed by atoms with Crippen molar-refractivity contribution < 1.29 is 23.9 Å². The van der Waals surface area contributed by atoms with E-state index >= 15 is 0 Å². The molecule has 6 nitrogen and oxygen atoms in total. The number of carboxylic acid groups (broad SMARTS) is 1. The van der Waals surface area contributed by atoms with Crippen LogP contribution in [0.5, 0.6) is 0 Å². The Morgan fingerprint density at radius 3 is 2.10 bits per heavy atom. The molecule has 2 N–H and O–H groups in total. The van der Waals surface area contributed by atoms with Gasteiger partial charge in [-0.2, -0.15) is 0 Å². The number of terminal acetylenes is 1. The molecule has 0 aliphatic heterocycles. The van der Waals surface area contributed by atoms with Gasteiger partial charge in [0.15, 0.2) is 6.04 Å². The molecule has 6 heteroatoms. The molecule has 1 amide bonds. The maximum atomic E-state index is 12.6. The first-order valence-electron chi connectivity index (χ1n) is 10.2. The van der Waals surface area contributed by atoms with Gasteiger partial charge in [-0.05, 0) is 29.2 Å². The van der Waals surface area contributed by atoms with Gasteiger partial charge in [0.2, 0.25) is 0 Å². The summed E-state index contributed by atoms with van der Waals surface area (Å²) in [4.78, 5) is 24.5. The first-order valence-corrected chi connectivity index (χ1v) is 10.2. The number of carbonyl (C=O) groups is 2. The predicted octanol–water partition coefficient (Wildman–Crippen LogP) is 3.32. The molecule has 162 valence electrons. The first kappa shape index (κ1) is 22.4. The quantitative estimate of drug-likeness (QED) is 0.531. The fourth-order valence-corrected chi connectivity index (χ4v) is 4.46. The molecule has 31 heavy (non-hydrogen) atoms. The van der Waals surface area contributed by atoms with Gasteiger partial charge in [0.25, 0.3) is 0 Å². The van der Waals surface area contributed by atoms with Crippen LogP contribution in [-0.2, 0) is 9.53 Å². The highest BCUT2D eigenvalue weighted by molar-refractivity contribution is 5.82. The summed E-state index contributed by atoms with van der Waals surface area (Å²) in [6.07, 6.45) is 4.90. The molecular formula is C25H29N2O4+. The maximum Gasteiger partial charge on any atom is 0.407 e. The zero-order valence-electron chi connectivity index (χ0n) is 18.4. The summed E-state index contributed by atoms with van der Waals surface area (Å²) >= 11 is 0. The van der Waals surface area contributed by atoms with Crippen LogP contribution in [0.4, 0.5) is 4.79 Å². The van der Waals surface area contributed by atoms with E-state index in [-0.39, 0.29) is 12.5 Å². The Labute approximate surface area is 183 Å². The van der Waals surface area contributed by atoms with E-state index < -0.39 is 23.5 Å². The average Bonchev–Trinajstić information content (AvgIpc) is 3.03. The Bertz CT molecular complexity index is 989. The highest BCUT2D eigenvalue weighted by Gasteiger charge is 2.43. The molecule has 3 rings (SSSR count). The number of rotatable bonds is 7. The van der Waals surface area contributed by atoms with Crippen molar-refractivity contribution in [2.24, 2.45) is 5.41 Å². The number of amides is 1. The molecule has 2 atom stereocenters. The number of aliphatic carboxylic acids is 1. The lowest BCUT2D eigenvalue weighted by Crippen LogP contribution is -2.57. The second-order valence-corrected chi connectivity index (χ2v) is 9.25. The third-order valence-corrected chi connectivity index (χ3v) is 5.62. The van der Waals surface area contributed by atoms with E-state index in [4.69, 9.17) is 11.2 Å². The van der Waals surface area contributed by atoms with Gasteiger partial charge in [-0.25, -0.2) is 9.59 Å². The Morgan fingerprint density at radius 2 is 1.65 bits per heavy atom. The predicted molar refractivity (Wildman–Crippen MR) is 119 cm³/mol. The van der Waals surface area contributed by atoms with Gasteiger partial charge in [0, 0.05) is 5.92 Å². The summed E-state index contributed by atoms with van der Waals surface area (Å²) in [7, 11) is 5.76. The van der Waals surface area contributed by atoms with Crippen LogP contribution >= 0.6 is 0 Å². The average molecular weight is 422 g/mol. The fourth-order valence-electron chi connectivity index (χ4n) is 4.46. The van der Waals surface area contributed by atoms with Gasteiger partial charge in [0.1, 0.15) is 12.0 Å². The summed E-state index contributed by atoms with van der Waals surface area (Å²) in [6.45, 7) is 2.14. The van der Waals surface area contributed by atoms with Crippen LogP contribution in [0.2, 0.25) is 0 Å². The number of alkyl carbamates (subject to hydrolysis) is 1. The number of benzene rings is 2. The Morgan fingerprint density at radius 1 is 1.13 bits per heavy atom. The van der Waals surface area contributed by atoms with Crippen molar-refractivity contribution in [3.63, 3.8) is 0 Å². The van der Waals surface area contributed by atoms with E-state index in [1.54, 1.807) is 6.92 Å². The van der Waals surface area contributed by atoms with Crippen LogP contribution in [0, 0.1) is 17.8 Å². The number of nitrogens with one attached hydrogen (secondary N) is 1. The minimum atomic E-state index is -1.27. The van der Waals surface area contributed by atoms with E-state index in [0.717, 1.165) is 22.3 Å². The van der Waals surface area contributed by atoms with Crippen molar-refractivity contribution in [2.75, 3.05) is 34.3 Å². The Hall–Kier alpha value is -3.30. The number of ether oxygens (including phenoxy) is 1. The van der Waals surface area contributed by atoms with Crippen LogP contribution in [0.15, 0.2) is 48.5 Å². The minimum absolute atomic E-state index is 0.105. The monoisotopic (exact) mass is 421 g/mol. The van der Waals surface area contributed by atoms with Gasteiger partial charge < -0.3 is 19.6 Å². The Balaban J connectivity index is 1.75. The van der Waals surface area contributed by atoms with Crippen LogP contribution in [0.25, 0.3) is 11.1 Å². The highest BCUT2D eigenvalue weighted by Crippen LogP contribution is 2.44. The molecule has 0 saturated heterocycles. The second-order valence-electron chi connectivity index (χ2n) is 9.25. The van der Waals surface area contributed by atoms with Crippen molar-refractivity contribution in [3.8, 4) is 23.5 Å². The molecule has 0 radical (unpaired) electrons. The summed E-state index contributed by atoms with van der Waals surface area (Å²) in [5.74, 6) is 1.28. The smallest absolute Gasteiger partial charge is 0.407 e. The van der Waals surface area contributed by atoms with E-state index in [9.17, 15) is 14.7 Å². The molecule has 2 aromatic carbocycles. The third-order valence-electron chi connectivity index (χ3n) is 5.62. The van der Waals surface area contributed by atoms with Gasteiger partial charge in [0.05, 0.1) is 27.7 Å². The topological polar surface area (TPSA) is 75.6 Å². The van der Waals surface area contributed by atoms with E-state index in [1.165, 1.54) is 0 Å². The number of fused-ring (bicyclic) bond motifs is 3. The van der Waals surface area contributed by atoms with Gasteiger partial charge in [-0.1, -0.05) is 54.5 Å². The van der Waals surface area contributed by atoms with Crippen LogP contribution in [-0.4, -0.2) is 62.0 Å². The van der Waals surface area contributed by atoms with Gasteiger partial charge >= 0.3 is 12.1 Å². The van der Waals surface area contributed by atoms with Crippen LogP contribution in [0.1, 0.15) is 24.0 Å². The van der Waals surface area contributed by atoms with E-state index in [1.807, 2.05) is 57.5 Å². The molecule has 0 fully saturated rings. The number of hydrogen-bond donors (Lipinski definition) is 2. The number of carbonyl (C=O) groups excluding carboxylic acids is 1. The van der Waals surface area contributed by atoms with Crippen molar-refractivity contribution >= 4 is 12.1 Å². The molecule has 0 spiro atoms.